The summed E-state index contributed by atoms with van der Waals surface area (Å²) in [7, 11) is 0. The molecular weight excluding hydrogens is 254 g/mol. The molecule has 20 heavy (non-hydrogen) atoms. The van der Waals surface area contributed by atoms with Gasteiger partial charge >= 0.3 is 0 Å². The van der Waals surface area contributed by atoms with E-state index in [1.807, 2.05) is 25.5 Å². The van der Waals surface area contributed by atoms with Gasteiger partial charge in [-0.1, -0.05) is 0 Å². The van der Waals surface area contributed by atoms with Gasteiger partial charge in [0.05, 0.1) is 5.69 Å². The normalized spacial score (nSPS) is 10.8. The quantitative estimate of drug-likeness (QED) is 0.813. The summed E-state index contributed by atoms with van der Waals surface area (Å²) >= 11 is 0. The van der Waals surface area contributed by atoms with E-state index in [-0.39, 0.29) is 5.91 Å². The maximum atomic E-state index is 12.0. The largest absolute Gasteiger partial charge is 0.351 e. The molecule has 0 spiro atoms. The predicted octanol–water partition coefficient (Wildman–Crippen LogP) is 1.54. The molecule has 1 N–H and O–H groups in total. The van der Waals surface area contributed by atoms with Crippen molar-refractivity contribution in [2.45, 2.75) is 40.3 Å². The fraction of sp³-hybridized carbons (Fsp3) is 0.500. The zero-order chi connectivity index (χ0) is 14.5. The monoisotopic (exact) mass is 275 g/mol. The molecule has 6 heteroatoms. The van der Waals surface area contributed by atoms with E-state index in [1.165, 1.54) is 0 Å². The Morgan fingerprint density at radius 3 is 2.80 bits per heavy atom. The van der Waals surface area contributed by atoms with E-state index in [1.54, 1.807) is 16.9 Å². The van der Waals surface area contributed by atoms with E-state index < -0.39 is 0 Å². The van der Waals surface area contributed by atoms with Crippen molar-refractivity contribution in [2.75, 3.05) is 6.54 Å². The van der Waals surface area contributed by atoms with Crippen LogP contribution in [0.1, 0.15) is 35.2 Å². The number of aryl methyl sites for hydroxylation is 4. The molecule has 0 unspecified atom stereocenters. The first-order valence-corrected chi connectivity index (χ1v) is 6.93. The van der Waals surface area contributed by atoms with Gasteiger partial charge in [-0.25, -0.2) is 0 Å². The van der Waals surface area contributed by atoms with Gasteiger partial charge in [0.2, 0.25) is 0 Å². The molecule has 0 fully saturated rings. The smallest absolute Gasteiger partial charge is 0.269 e. The number of rotatable bonds is 6. The molecule has 0 saturated heterocycles. The van der Waals surface area contributed by atoms with Crippen LogP contribution in [0.25, 0.3) is 0 Å². The Labute approximate surface area is 118 Å². The highest BCUT2D eigenvalue weighted by Gasteiger charge is 2.10. The summed E-state index contributed by atoms with van der Waals surface area (Å²) in [4.78, 5) is 12.0. The average Bonchev–Trinajstić information content (AvgIpc) is 3.01. The molecule has 0 aliphatic heterocycles. The van der Waals surface area contributed by atoms with Crippen LogP contribution in [0.2, 0.25) is 0 Å². The summed E-state index contributed by atoms with van der Waals surface area (Å²) < 4.78 is 3.66. The fourth-order valence-electron chi connectivity index (χ4n) is 2.20. The fourth-order valence-corrected chi connectivity index (χ4v) is 2.20. The highest BCUT2D eigenvalue weighted by molar-refractivity contribution is 5.92. The number of hydrogen-bond acceptors (Lipinski definition) is 3. The lowest BCUT2D eigenvalue weighted by atomic mass is 10.3. The van der Waals surface area contributed by atoms with Crippen LogP contribution in [0, 0.1) is 13.8 Å². The maximum Gasteiger partial charge on any atom is 0.269 e. The molecule has 0 aliphatic carbocycles. The first-order valence-electron chi connectivity index (χ1n) is 6.93. The molecule has 2 heterocycles. The zero-order valence-corrected chi connectivity index (χ0v) is 12.3. The van der Waals surface area contributed by atoms with Gasteiger partial charge in [-0.2, -0.15) is 10.2 Å². The van der Waals surface area contributed by atoms with Gasteiger partial charge in [-0.15, -0.1) is 0 Å². The van der Waals surface area contributed by atoms with Crippen LogP contribution in [0.5, 0.6) is 0 Å². The van der Waals surface area contributed by atoms with E-state index in [9.17, 15) is 4.79 Å². The molecular formula is C14H21N5O. The lowest BCUT2D eigenvalue weighted by molar-refractivity contribution is 0.0942. The van der Waals surface area contributed by atoms with Crippen LogP contribution in [-0.4, -0.2) is 32.0 Å². The van der Waals surface area contributed by atoms with E-state index in [0.717, 1.165) is 24.4 Å². The molecule has 6 nitrogen and oxygen atoms in total. The molecule has 0 saturated carbocycles. The second-order valence-electron chi connectivity index (χ2n) is 4.79. The first-order chi connectivity index (χ1) is 9.61. The Kier molecular flexibility index (Phi) is 4.55. The third kappa shape index (κ3) is 3.26. The second-order valence-corrected chi connectivity index (χ2v) is 4.79. The van der Waals surface area contributed by atoms with Crippen molar-refractivity contribution in [3.8, 4) is 0 Å². The van der Waals surface area contributed by atoms with Crippen molar-refractivity contribution in [3.63, 3.8) is 0 Å². The summed E-state index contributed by atoms with van der Waals surface area (Å²) in [5, 5.41) is 11.4. The van der Waals surface area contributed by atoms with E-state index in [0.29, 0.717) is 18.8 Å². The van der Waals surface area contributed by atoms with Crippen molar-refractivity contribution >= 4 is 5.91 Å². The minimum Gasteiger partial charge on any atom is -0.351 e. The van der Waals surface area contributed by atoms with Crippen molar-refractivity contribution in [2.24, 2.45) is 0 Å². The van der Waals surface area contributed by atoms with Crippen LogP contribution in [-0.2, 0) is 13.1 Å². The van der Waals surface area contributed by atoms with Crippen molar-refractivity contribution < 1.29 is 4.79 Å². The van der Waals surface area contributed by atoms with E-state index in [2.05, 4.69) is 21.6 Å². The third-order valence-corrected chi connectivity index (χ3v) is 3.18. The van der Waals surface area contributed by atoms with Crippen molar-refractivity contribution in [3.05, 3.63) is 35.4 Å². The van der Waals surface area contributed by atoms with Gasteiger partial charge in [-0.3, -0.25) is 14.2 Å². The van der Waals surface area contributed by atoms with Crippen LogP contribution >= 0.6 is 0 Å². The Morgan fingerprint density at radius 2 is 2.15 bits per heavy atom. The molecule has 0 aliphatic rings. The van der Waals surface area contributed by atoms with E-state index >= 15 is 0 Å². The standard InChI is InChI=1S/C14H21N5O/c1-4-18-13(6-8-16-18)14(20)15-7-5-9-19-12(3)10-11(2)17-19/h6,8,10H,4-5,7,9H2,1-3H3,(H,15,20). The van der Waals surface area contributed by atoms with Gasteiger partial charge in [-0.05, 0) is 39.3 Å². The summed E-state index contributed by atoms with van der Waals surface area (Å²) in [6, 6.07) is 3.79. The summed E-state index contributed by atoms with van der Waals surface area (Å²) in [5.41, 5.74) is 2.79. The molecule has 1 amide bonds. The lowest BCUT2D eigenvalue weighted by Crippen LogP contribution is -2.27. The van der Waals surface area contributed by atoms with Gasteiger partial charge in [0.1, 0.15) is 5.69 Å². The van der Waals surface area contributed by atoms with Crippen LogP contribution in [0.15, 0.2) is 18.3 Å². The number of amides is 1. The Bertz CT molecular complexity index is 584. The highest BCUT2D eigenvalue weighted by Crippen LogP contribution is 2.02. The lowest BCUT2D eigenvalue weighted by Gasteiger charge is -2.07. The molecule has 0 aromatic carbocycles. The zero-order valence-electron chi connectivity index (χ0n) is 12.3. The summed E-state index contributed by atoms with van der Waals surface area (Å²) in [6.07, 6.45) is 2.50. The van der Waals surface area contributed by atoms with Gasteiger partial charge in [0, 0.05) is 31.5 Å². The average molecular weight is 275 g/mol. The summed E-state index contributed by atoms with van der Waals surface area (Å²) in [5.74, 6) is -0.0716. The molecule has 2 rings (SSSR count). The van der Waals surface area contributed by atoms with E-state index in [4.69, 9.17) is 0 Å². The van der Waals surface area contributed by atoms with Crippen LogP contribution in [0.4, 0.5) is 0 Å². The predicted molar refractivity (Wildman–Crippen MR) is 76.6 cm³/mol. The second kappa shape index (κ2) is 6.36. The number of carbonyl (C=O) groups excluding carboxylic acids is 1. The highest BCUT2D eigenvalue weighted by atomic mass is 16.2. The van der Waals surface area contributed by atoms with Gasteiger partial charge in [0.15, 0.2) is 0 Å². The molecule has 108 valence electrons. The first kappa shape index (κ1) is 14.3. The van der Waals surface area contributed by atoms with Crippen LogP contribution < -0.4 is 5.32 Å². The minimum absolute atomic E-state index is 0.0716. The number of nitrogens with zero attached hydrogens (tertiary/aromatic N) is 4. The van der Waals surface area contributed by atoms with Crippen molar-refractivity contribution in [1.82, 2.24) is 24.9 Å². The SMILES string of the molecule is CCn1nccc1C(=O)NCCCn1nc(C)cc1C. The maximum absolute atomic E-state index is 12.0. The molecule has 2 aromatic heterocycles. The number of carbonyl (C=O) groups is 1. The summed E-state index contributed by atoms with van der Waals surface area (Å²) in [6.45, 7) is 8.13. The number of aromatic nitrogens is 4. The van der Waals surface area contributed by atoms with Gasteiger partial charge in [0.25, 0.3) is 5.91 Å². The van der Waals surface area contributed by atoms with Crippen LogP contribution in [0.3, 0.4) is 0 Å². The molecule has 0 bridgehead atoms. The third-order valence-electron chi connectivity index (χ3n) is 3.18. The number of nitrogens with one attached hydrogen (secondary N) is 1. The minimum atomic E-state index is -0.0716. The molecule has 2 aromatic rings. The topological polar surface area (TPSA) is 64.7 Å². The van der Waals surface area contributed by atoms with Crippen molar-refractivity contribution in [1.29, 1.82) is 0 Å². The Hall–Kier alpha value is -2.11. The molecule has 0 radical (unpaired) electrons. The Balaban J connectivity index is 1.79. The Morgan fingerprint density at radius 1 is 1.35 bits per heavy atom. The molecule has 0 atom stereocenters. The van der Waals surface area contributed by atoms with Gasteiger partial charge < -0.3 is 5.32 Å². The number of hydrogen-bond donors (Lipinski definition) is 1.